The summed E-state index contributed by atoms with van der Waals surface area (Å²) in [6.07, 6.45) is 0.747. The van der Waals surface area contributed by atoms with Gasteiger partial charge >= 0.3 is 0 Å². The second-order valence-electron chi connectivity index (χ2n) is 7.23. The number of rotatable bonds is 13. The zero-order valence-corrected chi connectivity index (χ0v) is 19.7. The molecule has 3 aromatic rings. The van der Waals surface area contributed by atoms with Crippen molar-refractivity contribution in [2.45, 2.75) is 38.1 Å². The Kier molecular flexibility index (Phi) is 8.81. The molecular weight excluding hydrogens is 444 g/mol. The van der Waals surface area contributed by atoms with E-state index in [1.54, 1.807) is 12.1 Å². The van der Waals surface area contributed by atoms with Gasteiger partial charge in [0.2, 0.25) is 21.9 Å². The third-order valence-corrected chi connectivity index (χ3v) is 6.35. The lowest BCUT2D eigenvalue weighted by molar-refractivity contribution is -0.116. The molecule has 2 N–H and O–H groups in total. The molecule has 1 heterocycles. The van der Waals surface area contributed by atoms with Crippen LogP contribution in [-0.2, 0) is 26.1 Å². The Morgan fingerprint density at radius 1 is 1.06 bits per heavy atom. The standard InChI is InChI=1S/C23H30N4O5S/c1-3-31-17-7-16-27-21-9-6-5-8-20(21)25-23(27)26-22(28)14-15-24-33(29,30)19-12-10-18(11-13-19)32-4-2/h5-6,8-13,24H,3-4,7,14-17H2,1-2H3,(H,25,26,28). The molecule has 0 radical (unpaired) electrons. The number of anilines is 1. The van der Waals surface area contributed by atoms with Crippen molar-refractivity contribution in [1.29, 1.82) is 0 Å². The fraction of sp³-hybridized carbons (Fsp3) is 0.391. The first-order valence-electron chi connectivity index (χ1n) is 11.0. The third-order valence-electron chi connectivity index (χ3n) is 4.87. The van der Waals surface area contributed by atoms with Crippen LogP contribution in [0.1, 0.15) is 26.7 Å². The third kappa shape index (κ3) is 6.77. The number of ether oxygens (including phenoxy) is 2. The molecule has 178 valence electrons. The highest BCUT2D eigenvalue weighted by atomic mass is 32.2. The Morgan fingerprint density at radius 2 is 1.82 bits per heavy atom. The van der Waals surface area contributed by atoms with E-state index in [0.29, 0.717) is 38.1 Å². The van der Waals surface area contributed by atoms with Crippen LogP contribution < -0.4 is 14.8 Å². The van der Waals surface area contributed by atoms with Gasteiger partial charge in [0.15, 0.2) is 0 Å². The maximum Gasteiger partial charge on any atom is 0.240 e. The summed E-state index contributed by atoms with van der Waals surface area (Å²) < 4.78 is 40.1. The molecule has 33 heavy (non-hydrogen) atoms. The quantitative estimate of drug-likeness (QED) is 0.368. The van der Waals surface area contributed by atoms with Crippen molar-refractivity contribution in [1.82, 2.24) is 14.3 Å². The molecular formula is C23H30N4O5S. The smallest absolute Gasteiger partial charge is 0.240 e. The molecule has 0 saturated heterocycles. The fourth-order valence-corrected chi connectivity index (χ4v) is 4.35. The van der Waals surface area contributed by atoms with Gasteiger partial charge in [-0.15, -0.1) is 0 Å². The lowest BCUT2D eigenvalue weighted by atomic mass is 10.3. The first kappa shape index (κ1) is 24.7. The molecule has 10 heteroatoms. The van der Waals surface area contributed by atoms with E-state index in [1.807, 2.05) is 42.7 Å². The van der Waals surface area contributed by atoms with Crippen LogP contribution in [-0.4, -0.2) is 50.2 Å². The van der Waals surface area contributed by atoms with Gasteiger partial charge in [-0.3, -0.25) is 10.1 Å². The first-order valence-corrected chi connectivity index (χ1v) is 12.5. The highest BCUT2D eigenvalue weighted by Crippen LogP contribution is 2.20. The fourth-order valence-electron chi connectivity index (χ4n) is 3.32. The minimum absolute atomic E-state index is 0.0294. The molecule has 3 rings (SSSR count). The van der Waals surface area contributed by atoms with Gasteiger partial charge in [-0.25, -0.2) is 18.1 Å². The predicted molar refractivity (Wildman–Crippen MR) is 127 cm³/mol. The molecule has 0 atom stereocenters. The summed E-state index contributed by atoms with van der Waals surface area (Å²) in [5.41, 5.74) is 1.70. The maximum absolute atomic E-state index is 12.5. The zero-order valence-electron chi connectivity index (χ0n) is 18.9. The van der Waals surface area contributed by atoms with Gasteiger partial charge in [0.1, 0.15) is 5.75 Å². The summed E-state index contributed by atoms with van der Waals surface area (Å²) in [4.78, 5) is 17.1. The number of aryl methyl sites for hydroxylation is 1. The number of imidazole rings is 1. The van der Waals surface area contributed by atoms with Gasteiger partial charge in [-0.1, -0.05) is 12.1 Å². The summed E-state index contributed by atoms with van der Waals surface area (Å²) in [5, 5.41) is 2.81. The molecule has 0 saturated carbocycles. The largest absolute Gasteiger partial charge is 0.494 e. The number of para-hydroxylation sites is 2. The number of carbonyl (C=O) groups is 1. The minimum Gasteiger partial charge on any atom is -0.494 e. The average Bonchev–Trinajstić information content (AvgIpc) is 3.14. The monoisotopic (exact) mass is 474 g/mol. The van der Waals surface area contributed by atoms with Crippen LogP contribution in [0.25, 0.3) is 11.0 Å². The zero-order chi connectivity index (χ0) is 23.7. The Labute approximate surface area is 194 Å². The summed E-state index contributed by atoms with van der Waals surface area (Å²) in [6.45, 7) is 6.17. The molecule has 0 unspecified atom stereocenters. The number of hydrogen-bond acceptors (Lipinski definition) is 6. The van der Waals surface area contributed by atoms with Crippen LogP contribution in [0.15, 0.2) is 53.4 Å². The number of nitrogens with one attached hydrogen (secondary N) is 2. The Hall–Kier alpha value is -2.95. The number of benzene rings is 2. The van der Waals surface area contributed by atoms with Crippen molar-refractivity contribution >= 4 is 32.9 Å². The summed E-state index contributed by atoms with van der Waals surface area (Å²) in [5.74, 6) is 0.706. The maximum atomic E-state index is 12.5. The number of hydrogen-bond donors (Lipinski definition) is 2. The molecule has 0 bridgehead atoms. The average molecular weight is 475 g/mol. The van der Waals surface area contributed by atoms with Crippen LogP contribution in [0.3, 0.4) is 0 Å². The predicted octanol–water partition coefficient (Wildman–Crippen LogP) is 3.17. The molecule has 2 aromatic carbocycles. The van der Waals surface area contributed by atoms with Gasteiger partial charge < -0.3 is 14.0 Å². The lowest BCUT2D eigenvalue weighted by Gasteiger charge is -2.11. The first-order chi connectivity index (χ1) is 15.9. The number of nitrogens with zero attached hydrogens (tertiary/aromatic N) is 2. The number of aromatic nitrogens is 2. The molecule has 9 nitrogen and oxygen atoms in total. The van der Waals surface area contributed by atoms with Crippen LogP contribution in [0.4, 0.5) is 5.95 Å². The van der Waals surface area contributed by atoms with Gasteiger partial charge in [0.05, 0.1) is 22.5 Å². The number of carbonyl (C=O) groups excluding carboxylic acids is 1. The van der Waals surface area contributed by atoms with E-state index in [-0.39, 0.29) is 23.8 Å². The molecule has 0 aliphatic carbocycles. The SMILES string of the molecule is CCOCCCn1c(NC(=O)CCNS(=O)(=O)c2ccc(OCC)cc2)nc2ccccc21. The Bertz CT molecular complexity index is 1160. The van der Waals surface area contributed by atoms with Crippen molar-refractivity contribution in [3.05, 3.63) is 48.5 Å². The van der Waals surface area contributed by atoms with Crippen molar-refractivity contribution in [2.75, 3.05) is 31.7 Å². The molecule has 0 fully saturated rings. The highest BCUT2D eigenvalue weighted by Gasteiger charge is 2.16. The number of fused-ring (bicyclic) bond motifs is 1. The van der Waals surface area contributed by atoms with E-state index >= 15 is 0 Å². The molecule has 0 aliphatic heterocycles. The van der Waals surface area contributed by atoms with E-state index < -0.39 is 10.0 Å². The van der Waals surface area contributed by atoms with Gasteiger partial charge in [0, 0.05) is 32.7 Å². The summed E-state index contributed by atoms with van der Waals surface area (Å²) in [7, 11) is -3.73. The van der Waals surface area contributed by atoms with Crippen LogP contribution in [0.2, 0.25) is 0 Å². The highest BCUT2D eigenvalue weighted by molar-refractivity contribution is 7.89. The second-order valence-corrected chi connectivity index (χ2v) is 8.99. The minimum atomic E-state index is -3.73. The summed E-state index contributed by atoms with van der Waals surface area (Å²) >= 11 is 0. The van der Waals surface area contributed by atoms with Crippen LogP contribution in [0.5, 0.6) is 5.75 Å². The van der Waals surface area contributed by atoms with E-state index in [1.165, 1.54) is 12.1 Å². The van der Waals surface area contributed by atoms with Gasteiger partial charge in [-0.05, 0) is 56.7 Å². The molecule has 1 amide bonds. The molecule has 0 spiro atoms. The summed E-state index contributed by atoms with van der Waals surface area (Å²) in [6, 6.07) is 13.8. The van der Waals surface area contributed by atoms with Gasteiger partial charge in [0.25, 0.3) is 0 Å². The van der Waals surface area contributed by atoms with Crippen molar-refractivity contribution in [3.8, 4) is 5.75 Å². The number of sulfonamides is 1. The van der Waals surface area contributed by atoms with E-state index in [4.69, 9.17) is 9.47 Å². The van der Waals surface area contributed by atoms with E-state index in [9.17, 15) is 13.2 Å². The topological polar surface area (TPSA) is 112 Å². The Morgan fingerprint density at radius 3 is 2.55 bits per heavy atom. The van der Waals surface area contributed by atoms with Crippen molar-refractivity contribution in [3.63, 3.8) is 0 Å². The van der Waals surface area contributed by atoms with E-state index in [0.717, 1.165) is 17.5 Å². The van der Waals surface area contributed by atoms with Crippen LogP contribution >= 0.6 is 0 Å². The Balaban J connectivity index is 1.59. The lowest BCUT2D eigenvalue weighted by Crippen LogP contribution is -2.28. The van der Waals surface area contributed by atoms with Gasteiger partial charge in [-0.2, -0.15) is 0 Å². The molecule has 1 aromatic heterocycles. The number of amides is 1. The van der Waals surface area contributed by atoms with Crippen LogP contribution in [0, 0.1) is 0 Å². The molecule has 0 aliphatic rings. The normalized spacial score (nSPS) is 11.6. The van der Waals surface area contributed by atoms with Crippen molar-refractivity contribution in [2.24, 2.45) is 0 Å². The van der Waals surface area contributed by atoms with Crippen molar-refractivity contribution < 1.29 is 22.7 Å². The van der Waals surface area contributed by atoms with E-state index in [2.05, 4.69) is 15.0 Å². The second kappa shape index (κ2) is 11.8.